The number of carbonyl (C=O) groups is 1. The number of rotatable bonds is 9. The SMILES string of the molecule is CCOc1ccc(OCCNC(=O)Cn2nc(-c3ccccc3)ccc2=O)cc1. The van der Waals surface area contributed by atoms with Crippen molar-refractivity contribution in [2.75, 3.05) is 19.8 Å². The van der Waals surface area contributed by atoms with Gasteiger partial charge in [0.2, 0.25) is 5.91 Å². The summed E-state index contributed by atoms with van der Waals surface area (Å²) in [6.07, 6.45) is 0. The molecule has 0 bridgehead atoms. The molecule has 1 aromatic heterocycles. The highest BCUT2D eigenvalue weighted by Crippen LogP contribution is 2.17. The van der Waals surface area contributed by atoms with Crippen LogP contribution in [-0.4, -0.2) is 35.4 Å². The molecule has 1 heterocycles. The van der Waals surface area contributed by atoms with Crippen molar-refractivity contribution >= 4 is 5.91 Å². The molecule has 1 amide bonds. The number of ether oxygens (including phenoxy) is 2. The number of nitrogens with one attached hydrogen (secondary N) is 1. The van der Waals surface area contributed by atoms with E-state index in [-0.39, 0.29) is 18.0 Å². The third kappa shape index (κ3) is 5.93. The Kier molecular flexibility index (Phi) is 7.00. The molecule has 150 valence electrons. The van der Waals surface area contributed by atoms with E-state index in [2.05, 4.69) is 10.4 Å². The smallest absolute Gasteiger partial charge is 0.267 e. The van der Waals surface area contributed by atoms with E-state index in [0.29, 0.717) is 31.2 Å². The van der Waals surface area contributed by atoms with E-state index in [9.17, 15) is 9.59 Å². The third-order valence-electron chi connectivity index (χ3n) is 4.06. The summed E-state index contributed by atoms with van der Waals surface area (Å²) in [5.74, 6) is 1.17. The Bertz CT molecular complexity index is 985. The van der Waals surface area contributed by atoms with Crippen LogP contribution in [0.2, 0.25) is 0 Å². The minimum Gasteiger partial charge on any atom is -0.494 e. The zero-order valence-electron chi connectivity index (χ0n) is 16.2. The molecule has 0 saturated heterocycles. The van der Waals surface area contributed by atoms with Crippen LogP contribution in [0.15, 0.2) is 71.5 Å². The molecular formula is C22H23N3O4. The fourth-order valence-electron chi connectivity index (χ4n) is 2.68. The zero-order valence-corrected chi connectivity index (χ0v) is 16.2. The highest BCUT2D eigenvalue weighted by Gasteiger charge is 2.08. The number of hydrogen-bond acceptors (Lipinski definition) is 5. The summed E-state index contributed by atoms with van der Waals surface area (Å²) in [7, 11) is 0. The normalized spacial score (nSPS) is 10.4. The molecule has 1 N–H and O–H groups in total. The Hall–Kier alpha value is -3.61. The van der Waals surface area contributed by atoms with Crippen molar-refractivity contribution in [3.05, 3.63) is 77.1 Å². The number of nitrogens with zero attached hydrogens (tertiary/aromatic N) is 2. The summed E-state index contributed by atoms with van der Waals surface area (Å²) in [6.45, 7) is 3.01. The van der Waals surface area contributed by atoms with E-state index in [4.69, 9.17) is 9.47 Å². The third-order valence-corrected chi connectivity index (χ3v) is 4.06. The van der Waals surface area contributed by atoms with Gasteiger partial charge in [-0.05, 0) is 37.3 Å². The van der Waals surface area contributed by atoms with Gasteiger partial charge in [0.1, 0.15) is 24.7 Å². The average Bonchev–Trinajstić information content (AvgIpc) is 2.75. The second-order valence-electron chi connectivity index (χ2n) is 6.18. The fraction of sp³-hybridized carbons (Fsp3) is 0.227. The molecule has 0 atom stereocenters. The van der Waals surface area contributed by atoms with Crippen molar-refractivity contribution in [2.24, 2.45) is 0 Å². The first kappa shape index (κ1) is 20.1. The minimum absolute atomic E-state index is 0.150. The van der Waals surface area contributed by atoms with Crippen LogP contribution in [0, 0.1) is 0 Å². The molecule has 7 nitrogen and oxygen atoms in total. The summed E-state index contributed by atoms with van der Waals surface area (Å²) in [6, 6.07) is 19.8. The maximum absolute atomic E-state index is 12.2. The topological polar surface area (TPSA) is 82.4 Å². The Morgan fingerprint density at radius 1 is 0.966 bits per heavy atom. The van der Waals surface area contributed by atoms with Crippen molar-refractivity contribution < 1.29 is 14.3 Å². The standard InChI is InChI=1S/C22H23N3O4/c1-2-28-18-8-10-19(11-9-18)29-15-14-23-21(26)16-25-22(27)13-12-20(24-25)17-6-4-3-5-7-17/h3-13H,2,14-16H2,1H3,(H,23,26). The van der Waals surface area contributed by atoms with Gasteiger partial charge in [-0.25, -0.2) is 4.68 Å². The molecule has 0 unspecified atom stereocenters. The van der Waals surface area contributed by atoms with Crippen LogP contribution in [-0.2, 0) is 11.3 Å². The van der Waals surface area contributed by atoms with Gasteiger partial charge in [0.15, 0.2) is 0 Å². The molecule has 3 rings (SSSR count). The van der Waals surface area contributed by atoms with Gasteiger partial charge in [0, 0.05) is 11.6 Å². The molecule has 0 spiro atoms. The molecule has 7 heteroatoms. The minimum atomic E-state index is -0.328. The Morgan fingerprint density at radius 3 is 2.34 bits per heavy atom. The quantitative estimate of drug-likeness (QED) is 0.565. The number of hydrogen-bond donors (Lipinski definition) is 1. The second-order valence-corrected chi connectivity index (χ2v) is 6.18. The van der Waals surface area contributed by atoms with E-state index in [1.807, 2.05) is 61.5 Å². The van der Waals surface area contributed by atoms with Gasteiger partial charge in [-0.2, -0.15) is 5.10 Å². The van der Waals surface area contributed by atoms with Gasteiger partial charge < -0.3 is 14.8 Å². The zero-order chi connectivity index (χ0) is 20.5. The van der Waals surface area contributed by atoms with Crippen LogP contribution in [0.1, 0.15) is 6.92 Å². The van der Waals surface area contributed by atoms with Crippen LogP contribution in [0.5, 0.6) is 11.5 Å². The lowest BCUT2D eigenvalue weighted by atomic mass is 10.1. The Morgan fingerprint density at radius 2 is 1.66 bits per heavy atom. The van der Waals surface area contributed by atoms with E-state index >= 15 is 0 Å². The molecule has 0 radical (unpaired) electrons. The Labute approximate surface area is 168 Å². The van der Waals surface area contributed by atoms with Crippen LogP contribution in [0.4, 0.5) is 0 Å². The van der Waals surface area contributed by atoms with Gasteiger partial charge >= 0.3 is 0 Å². The first-order chi connectivity index (χ1) is 14.2. The predicted molar refractivity (Wildman–Crippen MR) is 110 cm³/mol. The van der Waals surface area contributed by atoms with E-state index < -0.39 is 0 Å². The largest absolute Gasteiger partial charge is 0.494 e. The van der Waals surface area contributed by atoms with Gasteiger partial charge in [-0.1, -0.05) is 30.3 Å². The fourth-order valence-corrected chi connectivity index (χ4v) is 2.68. The van der Waals surface area contributed by atoms with Crippen molar-refractivity contribution in [1.29, 1.82) is 0 Å². The second kappa shape index (κ2) is 10.1. The average molecular weight is 393 g/mol. The molecule has 0 saturated carbocycles. The summed E-state index contributed by atoms with van der Waals surface area (Å²) in [5.41, 5.74) is 1.19. The van der Waals surface area contributed by atoms with Crippen molar-refractivity contribution in [3.8, 4) is 22.8 Å². The summed E-state index contributed by atoms with van der Waals surface area (Å²) in [5, 5.41) is 7.01. The summed E-state index contributed by atoms with van der Waals surface area (Å²) in [4.78, 5) is 24.2. The van der Waals surface area contributed by atoms with E-state index in [1.54, 1.807) is 6.07 Å². The molecule has 0 fully saturated rings. The van der Waals surface area contributed by atoms with Gasteiger partial charge in [-0.3, -0.25) is 9.59 Å². The number of carbonyl (C=O) groups excluding carboxylic acids is 1. The molecule has 0 aliphatic heterocycles. The number of benzene rings is 2. The van der Waals surface area contributed by atoms with E-state index in [0.717, 1.165) is 16.0 Å². The monoisotopic (exact) mass is 393 g/mol. The molecule has 29 heavy (non-hydrogen) atoms. The van der Waals surface area contributed by atoms with Crippen molar-refractivity contribution in [1.82, 2.24) is 15.1 Å². The van der Waals surface area contributed by atoms with E-state index in [1.165, 1.54) is 6.07 Å². The number of aromatic nitrogens is 2. The first-order valence-electron chi connectivity index (χ1n) is 9.41. The lowest BCUT2D eigenvalue weighted by Gasteiger charge is -2.10. The van der Waals surface area contributed by atoms with Crippen LogP contribution in [0.3, 0.4) is 0 Å². The van der Waals surface area contributed by atoms with Crippen molar-refractivity contribution in [3.63, 3.8) is 0 Å². The van der Waals surface area contributed by atoms with Crippen LogP contribution < -0.4 is 20.3 Å². The lowest BCUT2D eigenvalue weighted by molar-refractivity contribution is -0.122. The molecular weight excluding hydrogens is 370 g/mol. The summed E-state index contributed by atoms with van der Waals surface area (Å²) < 4.78 is 12.1. The molecule has 2 aromatic carbocycles. The maximum Gasteiger partial charge on any atom is 0.267 e. The van der Waals surface area contributed by atoms with Gasteiger partial charge in [-0.15, -0.1) is 0 Å². The highest BCUT2D eigenvalue weighted by atomic mass is 16.5. The first-order valence-corrected chi connectivity index (χ1v) is 9.41. The molecule has 0 aliphatic carbocycles. The predicted octanol–water partition coefficient (Wildman–Crippen LogP) is 2.50. The summed E-state index contributed by atoms with van der Waals surface area (Å²) >= 11 is 0. The molecule has 0 aliphatic rings. The van der Waals surface area contributed by atoms with Gasteiger partial charge in [0.05, 0.1) is 18.8 Å². The van der Waals surface area contributed by atoms with Crippen LogP contribution >= 0.6 is 0 Å². The highest BCUT2D eigenvalue weighted by molar-refractivity contribution is 5.75. The van der Waals surface area contributed by atoms with Crippen molar-refractivity contribution in [2.45, 2.75) is 13.5 Å². The van der Waals surface area contributed by atoms with Gasteiger partial charge in [0.25, 0.3) is 5.56 Å². The van der Waals surface area contributed by atoms with Crippen LogP contribution in [0.25, 0.3) is 11.3 Å². The Balaban J connectivity index is 1.49. The maximum atomic E-state index is 12.2. The number of amides is 1. The molecule has 3 aromatic rings. The lowest BCUT2D eigenvalue weighted by Crippen LogP contribution is -2.35.